The summed E-state index contributed by atoms with van der Waals surface area (Å²) in [6.07, 6.45) is 0. The number of amides is 1. The summed E-state index contributed by atoms with van der Waals surface area (Å²) in [6, 6.07) is 7.24. The molecule has 1 aromatic rings. The lowest BCUT2D eigenvalue weighted by Crippen LogP contribution is -2.12. The number of anilines is 1. The highest BCUT2D eigenvalue weighted by Crippen LogP contribution is 2.18. The summed E-state index contributed by atoms with van der Waals surface area (Å²) in [5, 5.41) is 2.61. The Balaban J connectivity index is 2.75. The standard InChI is InChI=1S/C8H8ClNOS/c9-5-8(11)10-6-3-1-2-4-7(6)12/h1-4,12H,5H2,(H,10,11). The van der Waals surface area contributed by atoms with Crippen LogP contribution in [0.15, 0.2) is 29.2 Å². The summed E-state index contributed by atoms with van der Waals surface area (Å²) in [7, 11) is 0. The van der Waals surface area contributed by atoms with E-state index in [0.29, 0.717) is 5.69 Å². The molecule has 0 bridgehead atoms. The van der Waals surface area contributed by atoms with Gasteiger partial charge in [-0.05, 0) is 12.1 Å². The summed E-state index contributed by atoms with van der Waals surface area (Å²) < 4.78 is 0. The predicted octanol–water partition coefficient (Wildman–Crippen LogP) is 2.15. The summed E-state index contributed by atoms with van der Waals surface area (Å²) in [4.78, 5) is 11.6. The number of benzene rings is 1. The molecule has 64 valence electrons. The van der Waals surface area contributed by atoms with Gasteiger partial charge in [-0.15, -0.1) is 24.2 Å². The maximum atomic E-state index is 10.9. The van der Waals surface area contributed by atoms with Crippen LogP contribution in [0.3, 0.4) is 0 Å². The van der Waals surface area contributed by atoms with Gasteiger partial charge in [0.05, 0.1) is 5.69 Å². The van der Waals surface area contributed by atoms with Gasteiger partial charge in [0, 0.05) is 4.90 Å². The molecule has 0 saturated heterocycles. The summed E-state index contributed by atoms with van der Waals surface area (Å²) >= 11 is 9.47. The molecule has 0 aliphatic rings. The predicted molar refractivity (Wildman–Crippen MR) is 53.0 cm³/mol. The Hall–Kier alpha value is -0.670. The highest BCUT2D eigenvalue weighted by molar-refractivity contribution is 7.80. The smallest absolute Gasteiger partial charge is 0.239 e. The van der Waals surface area contributed by atoms with Crippen LogP contribution in [0.5, 0.6) is 0 Å². The van der Waals surface area contributed by atoms with E-state index in [0.717, 1.165) is 4.90 Å². The number of hydrogen-bond acceptors (Lipinski definition) is 2. The molecule has 12 heavy (non-hydrogen) atoms. The second kappa shape index (κ2) is 4.38. The average molecular weight is 202 g/mol. The number of halogens is 1. The van der Waals surface area contributed by atoms with Crippen LogP contribution in [0.1, 0.15) is 0 Å². The molecule has 0 aromatic heterocycles. The topological polar surface area (TPSA) is 29.1 Å². The van der Waals surface area contributed by atoms with Crippen molar-refractivity contribution in [2.75, 3.05) is 11.2 Å². The van der Waals surface area contributed by atoms with Gasteiger partial charge in [-0.25, -0.2) is 0 Å². The van der Waals surface area contributed by atoms with E-state index in [-0.39, 0.29) is 11.8 Å². The second-order valence-corrected chi connectivity index (χ2v) is 2.95. The van der Waals surface area contributed by atoms with E-state index in [9.17, 15) is 4.79 Å². The van der Waals surface area contributed by atoms with Gasteiger partial charge < -0.3 is 5.32 Å². The van der Waals surface area contributed by atoms with Crippen molar-refractivity contribution in [3.8, 4) is 0 Å². The van der Waals surface area contributed by atoms with Crippen molar-refractivity contribution in [2.24, 2.45) is 0 Å². The number of para-hydroxylation sites is 1. The third kappa shape index (κ3) is 2.43. The zero-order valence-corrected chi connectivity index (χ0v) is 7.90. The van der Waals surface area contributed by atoms with Crippen LogP contribution in [0.4, 0.5) is 5.69 Å². The second-order valence-electron chi connectivity index (χ2n) is 2.20. The largest absolute Gasteiger partial charge is 0.324 e. The zero-order chi connectivity index (χ0) is 8.97. The number of thiol groups is 1. The lowest BCUT2D eigenvalue weighted by molar-refractivity contribution is -0.113. The Bertz CT molecular complexity index is 290. The van der Waals surface area contributed by atoms with Gasteiger partial charge in [0.1, 0.15) is 5.88 Å². The maximum Gasteiger partial charge on any atom is 0.239 e. The van der Waals surface area contributed by atoms with Crippen LogP contribution in [-0.4, -0.2) is 11.8 Å². The SMILES string of the molecule is O=C(CCl)Nc1ccccc1S. The van der Waals surface area contributed by atoms with Crippen molar-refractivity contribution in [1.29, 1.82) is 0 Å². The molecule has 0 aliphatic heterocycles. The van der Waals surface area contributed by atoms with E-state index in [1.165, 1.54) is 0 Å². The number of alkyl halides is 1. The fourth-order valence-corrected chi connectivity index (χ4v) is 1.05. The van der Waals surface area contributed by atoms with Crippen LogP contribution in [0.25, 0.3) is 0 Å². The fourth-order valence-electron chi connectivity index (χ4n) is 0.763. The minimum absolute atomic E-state index is 0.0396. The first kappa shape index (κ1) is 9.42. The number of hydrogen-bond donors (Lipinski definition) is 2. The molecule has 2 nitrogen and oxygen atoms in total. The van der Waals surface area contributed by atoms with Crippen LogP contribution in [0, 0.1) is 0 Å². The van der Waals surface area contributed by atoms with Gasteiger partial charge in [-0.3, -0.25) is 4.79 Å². The summed E-state index contributed by atoms with van der Waals surface area (Å²) in [5.74, 6) is -0.263. The average Bonchev–Trinajstić information content (AvgIpc) is 2.09. The van der Waals surface area contributed by atoms with Crippen molar-refractivity contribution >= 4 is 35.8 Å². The third-order valence-electron chi connectivity index (χ3n) is 1.30. The van der Waals surface area contributed by atoms with Gasteiger partial charge >= 0.3 is 0 Å². The lowest BCUT2D eigenvalue weighted by Gasteiger charge is -2.04. The molecule has 4 heteroatoms. The van der Waals surface area contributed by atoms with Gasteiger partial charge in [0.25, 0.3) is 0 Å². The Morgan fingerprint density at radius 2 is 2.17 bits per heavy atom. The fraction of sp³-hybridized carbons (Fsp3) is 0.125. The molecule has 1 aromatic carbocycles. The quantitative estimate of drug-likeness (QED) is 0.557. The monoisotopic (exact) mass is 201 g/mol. The molecule has 1 N–H and O–H groups in total. The Morgan fingerprint density at radius 1 is 1.50 bits per heavy atom. The minimum atomic E-state index is -0.224. The van der Waals surface area contributed by atoms with E-state index >= 15 is 0 Å². The minimum Gasteiger partial charge on any atom is -0.324 e. The molecule has 0 atom stereocenters. The molecule has 0 saturated carbocycles. The summed E-state index contributed by atoms with van der Waals surface area (Å²) in [6.45, 7) is 0. The van der Waals surface area contributed by atoms with E-state index in [1.54, 1.807) is 12.1 Å². The van der Waals surface area contributed by atoms with E-state index in [1.807, 2.05) is 12.1 Å². The first-order valence-electron chi connectivity index (χ1n) is 3.38. The first-order chi connectivity index (χ1) is 5.74. The Morgan fingerprint density at radius 3 is 2.75 bits per heavy atom. The Kier molecular flexibility index (Phi) is 3.44. The van der Waals surface area contributed by atoms with Gasteiger partial charge in [0.2, 0.25) is 5.91 Å². The molecule has 0 fully saturated rings. The van der Waals surface area contributed by atoms with Gasteiger partial charge in [-0.1, -0.05) is 12.1 Å². The molecule has 0 aliphatic carbocycles. The Labute approximate surface area is 81.3 Å². The summed E-state index contributed by atoms with van der Waals surface area (Å²) in [5.41, 5.74) is 0.687. The van der Waals surface area contributed by atoms with E-state index in [4.69, 9.17) is 11.6 Å². The number of carbonyl (C=O) groups excluding carboxylic acids is 1. The highest BCUT2D eigenvalue weighted by atomic mass is 35.5. The lowest BCUT2D eigenvalue weighted by atomic mass is 10.3. The third-order valence-corrected chi connectivity index (χ3v) is 1.93. The van der Waals surface area contributed by atoms with E-state index in [2.05, 4.69) is 17.9 Å². The van der Waals surface area contributed by atoms with Crippen molar-refractivity contribution < 1.29 is 4.79 Å². The van der Waals surface area contributed by atoms with Gasteiger partial charge in [0.15, 0.2) is 0 Å². The molecular weight excluding hydrogens is 194 g/mol. The number of nitrogens with one attached hydrogen (secondary N) is 1. The molecule has 1 amide bonds. The molecule has 0 spiro atoms. The zero-order valence-electron chi connectivity index (χ0n) is 6.25. The van der Waals surface area contributed by atoms with Crippen LogP contribution in [-0.2, 0) is 4.79 Å². The molecule has 1 rings (SSSR count). The van der Waals surface area contributed by atoms with Crippen molar-refractivity contribution in [1.82, 2.24) is 0 Å². The van der Waals surface area contributed by atoms with Crippen molar-refractivity contribution in [3.05, 3.63) is 24.3 Å². The molecule has 0 radical (unpaired) electrons. The number of carbonyl (C=O) groups is 1. The van der Waals surface area contributed by atoms with Crippen molar-refractivity contribution in [3.63, 3.8) is 0 Å². The molecular formula is C8H8ClNOS. The van der Waals surface area contributed by atoms with Crippen LogP contribution < -0.4 is 5.32 Å². The molecule has 0 heterocycles. The maximum absolute atomic E-state index is 10.9. The van der Waals surface area contributed by atoms with Gasteiger partial charge in [-0.2, -0.15) is 0 Å². The first-order valence-corrected chi connectivity index (χ1v) is 4.36. The normalized spacial score (nSPS) is 9.50. The molecule has 0 unspecified atom stereocenters. The highest BCUT2D eigenvalue weighted by Gasteiger charge is 2.01. The number of rotatable bonds is 2. The van der Waals surface area contributed by atoms with Crippen molar-refractivity contribution in [2.45, 2.75) is 4.90 Å². The van der Waals surface area contributed by atoms with Crippen LogP contribution >= 0.6 is 24.2 Å². The van der Waals surface area contributed by atoms with E-state index < -0.39 is 0 Å². The van der Waals surface area contributed by atoms with Crippen LogP contribution in [0.2, 0.25) is 0 Å².